The average molecular weight is 318 g/mol. The molecule has 1 amide bonds. The Labute approximate surface area is 135 Å². The number of nitrogens with one attached hydrogen (secondary N) is 1. The summed E-state index contributed by atoms with van der Waals surface area (Å²) in [5, 5.41) is 11.9. The molecule has 0 saturated carbocycles. The van der Waals surface area contributed by atoms with E-state index in [-0.39, 0.29) is 0 Å². The first-order valence-corrected chi connectivity index (χ1v) is 7.64. The zero-order valence-corrected chi connectivity index (χ0v) is 13.6. The maximum Gasteiger partial charge on any atom is 0.412 e. The highest BCUT2D eigenvalue weighted by atomic mass is 16.6. The van der Waals surface area contributed by atoms with Gasteiger partial charge in [-0.25, -0.2) is 4.79 Å². The standard InChI is InChI=1S/C17H22N2O4/c1-17(2,3)23-16(22)19-12-8-6-11(7-9-12)14-13(15(20)21)5-4-10-18-14/h6-9,13H,4-5,10H2,1-3H3,(H,19,22)(H,20,21)/t13-/m0/s1. The summed E-state index contributed by atoms with van der Waals surface area (Å²) in [4.78, 5) is 27.4. The minimum atomic E-state index is -0.848. The molecule has 124 valence electrons. The Hall–Kier alpha value is -2.37. The second-order valence-electron chi connectivity index (χ2n) is 6.50. The molecule has 1 heterocycles. The van der Waals surface area contributed by atoms with Crippen LogP contribution in [0.4, 0.5) is 10.5 Å². The van der Waals surface area contributed by atoms with Gasteiger partial charge < -0.3 is 9.84 Å². The molecule has 1 aromatic carbocycles. The van der Waals surface area contributed by atoms with Crippen molar-refractivity contribution in [3.05, 3.63) is 29.8 Å². The van der Waals surface area contributed by atoms with Gasteiger partial charge in [0.15, 0.2) is 0 Å². The Morgan fingerprint density at radius 1 is 1.26 bits per heavy atom. The number of carboxylic acids is 1. The first-order chi connectivity index (χ1) is 10.8. The number of rotatable bonds is 3. The number of carbonyl (C=O) groups is 2. The Kier molecular flexibility index (Phi) is 5.03. The Morgan fingerprint density at radius 2 is 1.91 bits per heavy atom. The summed E-state index contributed by atoms with van der Waals surface area (Å²) in [6.07, 6.45) is 0.869. The van der Waals surface area contributed by atoms with Crippen LogP contribution in [0.3, 0.4) is 0 Å². The minimum absolute atomic E-state index is 0.524. The SMILES string of the molecule is CC(C)(C)OC(=O)Nc1ccc(C2=NCCC[C@@H]2C(=O)O)cc1. The molecule has 1 aliphatic heterocycles. The van der Waals surface area contributed by atoms with E-state index >= 15 is 0 Å². The molecule has 6 heteroatoms. The van der Waals surface area contributed by atoms with Gasteiger partial charge in [0, 0.05) is 12.2 Å². The van der Waals surface area contributed by atoms with Crippen molar-refractivity contribution in [2.45, 2.75) is 39.2 Å². The van der Waals surface area contributed by atoms with Crippen LogP contribution < -0.4 is 5.32 Å². The fraction of sp³-hybridized carbons (Fsp3) is 0.471. The van der Waals surface area contributed by atoms with Crippen molar-refractivity contribution in [3.8, 4) is 0 Å². The van der Waals surface area contributed by atoms with Crippen molar-refractivity contribution in [3.63, 3.8) is 0 Å². The van der Waals surface area contributed by atoms with Crippen LogP contribution in [0.1, 0.15) is 39.2 Å². The molecule has 0 aromatic heterocycles. The van der Waals surface area contributed by atoms with Gasteiger partial charge in [0.1, 0.15) is 5.60 Å². The first-order valence-electron chi connectivity index (χ1n) is 7.64. The molecule has 1 aliphatic rings. The van der Waals surface area contributed by atoms with Crippen LogP contribution in [0, 0.1) is 5.92 Å². The van der Waals surface area contributed by atoms with Crippen molar-refractivity contribution < 1.29 is 19.4 Å². The molecular formula is C17H22N2O4. The van der Waals surface area contributed by atoms with Gasteiger partial charge >= 0.3 is 12.1 Å². The predicted octanol–water partition coefficient (Wildman–Crippen LogP) is 3.32. The number of amides is 1. The molecule has 0 spiro atoms. The van der Waals surface area contributed by atoms with Crippen LogP contribution in [0.5, 0.6) is 0 Å². The topological polar surface area (TPSA) is 88.0 Å². The molecule has 2 N–H and O–H groups in total. The lowest BCUT2D eigenvalue weighted by Crippen LogP contribution is -2.28. The second-order valence-corrected chi connectivity index (χ2v) is 6.50. The fourth-order valence-corrected chi connectivity index (χ4v) is 2.42. The lowest BCUT2D eigenvalue weighted by molar-refractivity contribution is -0.139. The zero-order chi connectivity index (χ0) is 17.0. The summed E-state index contributed by atoms with van der Waals surface area (Å²) >= 11 is 0. The number of carbonyl (C=O) groups excluding carboxylic acids is 1. The molecule has 0 fully saturated rings. The maximum absolute atomic E-state index is 11.7. The lowest BCUT2D eigenvalue weighted by atomic mass is 9.90. The predicted molar refractivity (Wildman–Crippen MR) is 88.1 cm³/mol. The van der Waals surface area contributed by atoms with Crippen LogP contribution in [-0.4, -0.2) is 35.0 Å². The summed E-state index contributed by atoms with van der Waals surface area (Å²) < 4.78 is 5.19. The molecule has 1 atom stereocenters. The van der Waals surface area contributed by atoms with Gasteiger partial charge in [-0.15, -0.1) is 0 Å². The van der Waals surface area contributed by atoms with E-state index in [0.717, 1.165) is 12.0 Å². The monoisotopic (exact) mass is 318 g/mol. The van der Waals surface area contributed by atoms with Gasteiger partial charge in [-0.3, -0.25) is 15.1 Å². The number of aliphatic imine (C=N–C) groups is 1. The van der Waals surface area contributed by atoms with Gasteiger partial charge in [0.2, 0.25) is 0 Å². The van der Waals surface area contributed by atoms with Gasteiger partial charge in [-0.2, -0.15) is 0 Å². The number of hydrogen-bond donors (Lipinski definition) is 2. The largest absolute Gasteiger partial charge is 0.481 e. The van der Waals surface area contributed by atoms with Gasteiger partial charge in [0.25, 0.3) is 0 Å². The summed E-state index contributed by atoms with van der Waals surface area (Å²) in [6, 6.07) is 6.98. The molecule has 0 unspecified atom stereocenters. The lowest BCUT2D eigenvalue weighted by Gasteiger charge is -2.21. The fourth-order valence-electron chi connectivity index (χ4n) is 2.42. The maximum atomic E-state index is 11.7. The molecule has 2 rings (SSSR count). The molecular weight excluding hydrogens is 296 g/mol. The average Bonchev–Trinajstić information content (AvgIpc) is 2.46. The van der Waals surface area contributed by atoms with Gasteiger partial charge in [-0.1, -0.05) is 12.1 Å². The van der Waals surface area contributed by atoms with Crippen LogP contribution in [0.25, 0.3) is 0 Å². The molecule has 1 aromatic rings. The third-order valence-corrected chi connectivity index (χ3v) is 3.39. The highest BCUT2D eigenvalue weighted by Gasteiger charge is 2.27. The third kappa shape index (κ3) is 4.81. The van der Waals surface area contributed by atoms with E-state index in [1.807, 2.05) is 0 Å². The Bertz CT molecular complexity index is 614. The van der Waals surface area contributed by atoms with Crippen LogP contribution in [-0.2, 0) is 9.53 Å². The molecule has 23 heavy (non-hydrogen) atoms. The number of anilines is 1. The van der Waals surface area contributed by atoms with E-state index in [4.69, 9.17) is 4.74 Å². The van der Waals surface area contributed by atoms with Crippen LogP contribution in [0.15, 0.2) is 29.3 Å². The van der Waals surface area contributed by atoms with E-state index in [2.05, 4.69) is 10.3 Å². The quantitative estimate of drug-likeness (QED) is 0.895. The highest BCUT2D eigenvalue weighted by molar-refractivity contribution is 6.12. The highest BCUT2D eigenvalue weighted by Crippen LogP contribution is 2.22. The number of hydrogen-bond acceptors (Lipinski definition) is 4. The molecule has 0 bridgehead atoms. The molecule has 0 aliphatic carbocycles. The summed E-state index contributed by atoms with van der Waals surface area (Å²) in [5.41, 5.74) is 1.40. The van der Waals surface area contributed by atoms with E-state index in [1.165, 1.54) is 0 Å². The van der Waals surface area contributed by atoms with E-state index in [9.17, 15) is 14.7 Å². The van der Waals surface area contributed by atoms with E-state index < -0.39 is 23.6 Å². The molecule has 0 radical (unpaired) electrons. The van der Waals surface area contributed by atoms with Crippen molar-refractivity contribution in [2.75, 3.05) is 11.9 Å². The van der Waals surface area contributed by atoms with Crippen LogP contribution >= 0.6 is 0 Å². The normalized spacial score (nSPS) is 18.0. The smallest absolute Gasteiger partial charge is 0.412 e. The van der Waals surface area contributed by atoms with E-state index in [1.54, 1.807) is 45.0 Å². The van der Waals surface area contributed by atoms with Gasteiger partial charge in [0.05, 0.1) is 11.6 Å². The van der Waals surface area contributed by atoms with Crippen molar-refractivity contribution in [1.82, 2.24) is 0 Å². The number of ether oxygens (including phenoxy) is 1. The second kappa shape index (κ2) is 6.81. The summed E-state index contributed by atoms with van der Waals surface area (Å²) in [7, 11) is 0. The minimum Gasteiger partial charge on any atom is -0.481 e. The zero-order valence-electron chi connectivity index (χ0n) is 13.6. The van der Waals surface area contributed by atoms with Crippen molar-refractivity contribution >= 4 is 23.5 Å². The van der Waals surface area contributed by atoms with E-state index in [0.29, 0.717) is 24.4 Å². The molecule has 0 saturated heterocycles. The van der Waals surface area contributed by atoms with Crippen molar-refractivity contribution in [2.24, 2.45) is 10.9 Å². The summed E-state index contributed by atoms with van der Waals surface area (Å²) in [5.74, 6) is -1.41. The van der Waals surface area contributed by atoms with Crippen LogP contribution in [0.2, 0.25) is 0 Å². The first kappa shape index (κ1) is 17.0. The van der Waals surface area contributed by atoms with Gasteiger partial charge in [-0.05, 0) is 51.3 Å². The number of carboxylic acid groups (broad SMARTS) is 1. The Balaban J connectivity index is 2.09. The van der Waals surface area contributed by atoms with Crippen molar-refractivity contribution in [1.29, 1.82) is 0 Å². The molecule has 6 nitrogen and oxygen atoms in total. The number of benzene rings is 1. The summed E-state index contributed by atoms with van der Waals surface area (Å²) in [6.45, 7) is 6.03. The Morgan fingerprint density at radius 3 is 2.48 bits per heavy atom. The third-order valence-electron chi connectivity index (χ3n) is 3.39. The number of aliphatic carboxylic acids is 1. The number of nitrogens with zero attached hydrogens (tertiary/aromatic N) is 1.